The van der Waals surface area contributed by atoms with Gasteiger partial charge in [-0.3, -0.25) is 62.1 Å². The standard InChI is InChI=1S/C15H18O2.C15H16O2.C14H11F3O5.C11H10O.C10H9F3O2.C10H10O.C8H5F3O.C7H14OSi.C6H8O4.C2H5BF.C2H6O.2CH4.ClHO3S.F2/c2*1-10-2-3-11-9-15(14(17)13(11)8-10)6-4-12(16)5-7-15;1-13(2)21-11(19)9(12(20)22-13)10(18)7-3-5-8(6-4-7)14(15,16)17;1-7-3-4-9-6-8(2)11(12)10(9)5-7;11-10(12,13)8-4-1-7(2-5-8)3-6-9(14)15;1-7-2-3-8-4-5-10(11)9(8)6-7;9-8(10,11)7-3-1-6(5-12)2-4-7;1-6-7(2)8-9(3,4)5;1-6(2)9-4(7)3-5(8)10-6;1-2-3-4;1-2-3;;;1-5(2,3)4;1-2/h2-3,8,12,16H,4-7,9H2,1H3;2-3,8H,4-7,9H2,1H3;3-6,9H,1-2H3;3-5H,2,6H2,1H3;1-2,4-5H,3,6H2,(H,14,15);2-3,6H,4-5H2,1H3;1-5H;6H,1-2H2,3-5H3;3H2,1-2H3;2H2,1H3;3H,2H2,1H3;2*1H4;(H,2,3,4);. The number of aliphatic hydroxyl groups excluding tert-OH is 2. The number of ketones is 6. The van der Waals surface area contributed by atoms with Crippen LogP contribution in [0.25, 0.3) is 0 Å². The van der Waals surface area contributed by atoms with E-state index < -0.39 is 106 Å². The summed E-state index contributed by atoms with van der Waals surface area (Å²) in [5.74, 6) is -7.52. The molecule has 39 heteroatoms. The first-order valence-corrected chi connectivity index (χ1v) is 49.0. The number of alkyl halides is 9. The van der Waals surface area contributed by atoms with Crippen LogP contribution in [0.5, 0.6) is 0 Å². The number of aliphatic hydroxyl groups is 2. The Hall–Kier alpha value is -11.8. The van der Waals surface area contributed by atoms with Crippen molar-refractivity contribution in [2.24, 2.45) is 16.7 Å². The number of cyclic esters (lactones) is 4. The number of Topliss-reactive ketones (excluding diaryl/α,β-unsaturated/α-hetero) is 6. The fraction of sp³-hybridized carbons (Fsp3) is 0.412. The molecule has 4 N–H and O–H groups in total. The molecule has 2 saturated carbocycles. The van der Waals surface area contributed by atoms with Crippen LogP contribution >= 0.6 is 10.7 Å². The van der Waals surface area contributed by atoms with E-state index in [-0.39, 0.29) is 80.3 Å². The van der Waals surface area contributed by atoms with Crippen molar-refractivity contribution in [2.75, 3.05) is 6.61 Å². The van der Waals surface area contributed by atoms with Crippen molar-refractivity contribution in [3.8, 4) is 0 Å². The van der Waals surface area contributed by atoms with Crippen molar-refractivity contribution in [1.29, 1.82) is 0 Å². The van der Waals surface area contributed by atoms with Crippen LogP contribution in [-0.4, -0.2) is 139 Å². The summed E-state index contributed by atoms with van der Waals surface area (Å²) in [6.45, 7) is 34.7. The molecule has 0 aromatic heterocycles. The van der Waals surface area contributed by atoms with E-state index in [0.29, 0.717) is 80.2 Å². The number of halogens is 13. The molecule has 7 aromatic carbocycles. The van der Waals surface area contributed by atoms with E-state index in [4.69, 9.17) is 46.2 Å². The number of rotatable bonds is 10. The SMILES string of the molecule is C.C.C=C1Cc2ccc(C)cc2C1=O.C=CC(=C)O[Si](C)(C)C.CC1(C)OC(=O)C(C(=O)c2ccc(C(F)(F)F)cc2)C(=O)O1.CC1(C)OC(=O)CC(=O)O1.CCO.CC[B]F.Cc1ccc2c(c1)C(=O)C1(CCC(=O)CC1)C2.Cc1ccc2c(c1)C(=O)C1(CCC(O)CC1)C2.Cc1ccc2c(c1)C(=O)CC2.FF.O=C(O)CCc1ccc(C(F)(F)F)cc1.O=Cc1ccc(C(F)(F)F)cc1.O=S(=O)(O)Cl. The average molecular weight is 2050 g/mol. The quantitative estimate of drug-likeness (QED) is 0.00844. The van der Waals surface area contributed by atoms with Gasteiger partial charge < -0.3 is 43.0 Å². The molecule has 2 aliphatic heterocycles. The Bertz CT molecular complexity index is 5550. The summed E-state index contributed by atoms with van der Waals surface area (Å²) in [6.07, 6.45) is -0.849. The normalized spacial score (nSPS) is 16.1. The summed E-state index contributed by atoms with van der Waals surface area (Å²) in [7, 11) is -0.924. The highest BCUT2D eigenvalue weighted by Gasteiger charge is 2.50. The monoisotopic (exact) mass is 2050 g/mol. The van der Waals surface area contributed by atoms with Crippen molar-refractivity contribution in [3.05, 3.63) is 283 Å². The van der Waals surface area contributed by atoms with E-state index in [2.05, 4.69) is 95.9 Å². The minimum atomic E-state index is -4.55. The Labute approximate surface area is 819 Å². The minimum Gasteiger partial charge on any atom is -0.545 e. The number of allylic oxidation sites excluding steroid dienone is 2. The van der Waals surface area contributed by atoms with Gasteiger partial charge in [-0.25, -0.2) is 0 Å². The third-order valence-electron chi connectivity index (χ3n) is 21.2. The highest BCUT2D eigenvalue weighted by Crippen LogP contribution is 2.49. The molecule has 0 amide bonds. The number of aryl methyl sites for hydroxylation is 6. The predicted molar refractivity (Wildman–Crippen MR) is 511 cm³/mol. The third kappa shape index (κ3) is 42.9. The Balaban J connectivity index is 0.000000786. The van der Waals surface area contributed by atoms with Gasteiger partial charge in [-0.2, -0.15) is 47.9 Å². The van der Waals surface area contributed by atoms with Crippen molar-refractivity contribution >= 4 is 107 Å². The molecule has 1 radical (unpaired) electrons. The van der Waals surface area contributed by atoms with E-state index >= 15 is 0 Å². The number of carbonyl (C=O) groups excluding carboxylic acids is 11. The Morgan fingerprint density at radius 3 is 1.29 bits per heavy atom. The number of hydrogen-bond donors (Lipinski definition) is 4. The van der Waals surface area contributed by atoms with E-state index in [1.54, 1.807) is 19.9 Å². The van der Waals surface area contributed by atoms with E-state index in [0.717, 1.165) is 163 Å². The molecular formula is C102H121BClF12O23SSi. The van der Waals surface area contributed by atoms with Gasteiger partial charge in [-0.1, -0.05) is 149 Å². The number of carboxylic acid groups (broad SMARTS) is 1. The second kappa shape index (κ2) is 56.7. The summed E-state index contributed by atoms with van der Waals surface area (Å²) >= 11 is 0. The summed E-state index contributed by atoms with van der Waals surface area (Å²) in [6, 6.07) is 36.2. The number of esters is 4. The maximum absolute atomic E-state index is 12.6. The molecular weight excluding hydrogens is 1930 g/mol. The highest BCUT2D eigenvalue weighted by atomic mass is 35.7. The summed E-state index contributed by atoms with van der Waals surface area (Å²) in [5.41, 5.74) is 11.5. The van der Waals surface area contributed by atoms with Gasteiger partial charge in [0.2, 0.25) is 14.2 Å². The zero-order valence-electron chi connectivity index (χ0n) is 79.0. The number of aliphatic carboxylic acids is 1. The molecule has 141 heavy (non-hydrogen) atoms. The first kappa shape index (κ1) is 127. The molecule has 8 aliphatic rings. The molecule has 0 unspecified atom stereocenters. The Morgan fingerprint density at radius 1 is 0.567 bits per heavy atom. The van der Waals surface area contributed by atoms with Gasteiger partial charge in [-0.05, 0) is 225 Å². The van der Waals surface area contributed by atoms with Crippen LogP contribution in [0.1, 0.15) is 256 Å². The van der Waals surface area contributed by atoms with Gasteiger partial charge in [0.1, 0.15) is 18.5 Å². The first-order valence-electron chi connectivity index (χ1n) is 43.3. The summed E-state index contributed by atoms with van der Waals surface area (Å²) in [5, 5.41) is 25.5. The predicted octanol–water partition coefficient (Wildman–Crippen LogP) is 23.4. The first-order chi connectivity index (χ1) is 64.4. The fourth-order valence-corrected chi connectivity index (χ4v) is 15.5. The zero-order chi connectivity index (χ0) is 106. The van der Waals surface area contributed by atoms with E-state index in [1.807, 2.05) is 64.1 Å². The van der Waals surface area contributed by atoms with Crippen LogP contribution in [0, 0.1) is 44.4 Å². The van der Waals surface area contributed by atoms with E-state index in [9.17, 15) is 106 Å². The maximum Gasteiger partial charge on any atom is 0.416 e. The van der Waals surface area contributed by atoms with Crippen molar-refractivity contribution in [3.63, 3.8) is 0 Å². The zero-order valence-corrected chi connectivity index (χ0v) is 81.5. The smallest absolute Gasteiger partial charge is 0.416 e. The van der Waals surface area contributed by atoms with Gasteiger partial charge in [-0.15, -0.1) is 0 Å². The molecule has 15 rings (SSSR count). The van der Waals surface area contributed by atoms with Crippen LogP contribution in [-0.2, 0) is 112 Å². The molecule has 0 atom stereocenters. The summed E-state index contributed by atoms with van der Waals surface area (Å²) in [4.78, 5) is 136. The maximum atomic E-state index is 12.6. The van der Waals surface area contributed by atoms with Crippen molar-refractivity contribution in [1.82, 2.24) is 0 Å². The second-order valence-corrected chi connectivity index (χ2v) is 41.1. The number of benzene rings is 7. The molecule has 23 nitrogen and oxygen atoms in total. The lowest BCUT2D eigenvalue weighted by Gasteiger charge is -2.33. The number of carboxylic acids is 1. The molecule has 771 valence electrons. The number of aldehydes is 1. The lowest BCUT2D eigenvalue weighted by Crippen LogP contribution is -2.49. The second-order valence-electron chi connectivity index (χ2n) is 34.7. The van der Waals surface area contributed by atoms with E-state index in [1.165, 1.54) is 62.1 Å². The number of ether oxygens (including phenoxy) is 4. The average Bonchev–Trinajstić information content (AvgIpc) is 1.60. The summed E-state index contributed by atoms with van der Waals surface area (Å²) < 4.78 is 186. The van der Waals surface area contributed by atoms with Gasteiger partial charge in [0.25, 0.3) is 11.6 Å². The van der Waals surface area contributed by atoms with Crippen LogP contribution in [0.3, 0.4) is 0 Å². The third-order valence-corrected chi connectivity index (χ3v) is 22.0. The molecule has 2 spiro atoms. The lowest BCUT2D eigenvalue weighted by molar-refractivity contribution is -0.237. The molecule has 4 fully saturated rings. The van der Waals surface area contributed by atoms with Crippen LogP contribution < -0.4 is 0 Å². The van der Waals surface area contributed by atoms with Gasteiger partial charge >= 0.3 is 65.3 Å². The molecule has 0 bridgehead atoms. The molecule has 6 aliphatic carbocycles. The lowest BCUT2D eigenvalue weighted by atomic mass is 9.70. The van der Waals surface area contributed by atoms with Crippen molar-refractivity contribution < 1.29 is 162 Å². The Kier molecular flexibility index (Phi) is 51.1. The van der Waals surface area contributed by atoms with Crippen LogP contribution in [0.15, 0.2) is 183 Å². The molecule has 7 aromatic rings. The fourth-order valence-electron chi connectivity index (χ4n) is 14.6. The molecule has 2 saturated heterocycles. The van der Waals surface area contributed by atoms with Gasteiger partial charge in [0, 0.05) is 130 Å². The number of fused-ring (bicyclic) bond motifs is 4. The van der Waals surface area contributed by atoms with Gasteiger partial charge in [0.05, 0.1) is 28.6 Å². The number of carbonyl (C=O) groups is 12. The van der Waals surface area contributed by atoms with Crippen LogP contribution in [0.4, 0.5) is 53.0 Å². The topological polar surface area (TPSA) is 366 Å². The Morgan fingerprint density at radius 2 is 0.929 bits per heavy atom. The highest BCUT2D eigenvalue weighted by molar-refractivity contribution is 8.09. The number of hydrogen-bond acceptors (Lipinski definition) is 21. The molecule has 2 heterocycles. The van der Waals surface area contributed by atoms with Crippen LogP contribution in [0.2, 0.25) is 26.0 Å². The minimum absolute atomic E-state index is 0. The van der Waals surface area contributed by atoms with Gasteiger partial charge in [0.15, 0.2) is 28.9 Å². The van der Waals surface area contributed by atoms with Crippen molar-refractivity contribution in [2.45, 2.75) is 249 Å². The largest absolute Gasteiger partial charge is 0.545 e.